The van der Waals surface area contributed by atoms with Crippen LogP contribution in [0.15, 0.2) is 18.2 Å². The third-order valence-corrected chi connectivity index (χ3v) is 3.41. The Kier molecular flexibility index (Phi) is 7.25. The van der Waals surface area contributed by atoms with Crippen molar-refractivity contribution in [3.05, 3.63) is 28.2 Å². The highest BCUT2D eigenvalue weighted by atomic mass is 35.5. The zero-order chi connectivity index (χ0) is 16.0. The molecule has 0 radical (unpaired) electrons. The van der Waals surface area contributed by atoms with Crippen molar-refractivity contribution in [2.24, 2.45) is 5.73 Å². The Morgan fingerprint density at radius 1 is 1.43 bits per heavy atom. The number of primary amides is 1. The van der Waals surface area contributed by atoms with Crippen LogP contribution in [0, 0.1) is 0 Å². The van der Waals surface area contributed by atoms with E-state index in [1.54, 1.807) is 23.1 Å². The van der Waals surface area contributed by atoms with Crippen LogP contribution in [0.2, 0.25) is 10.0 Å². The van der Waals surface area contributed by atoms with E-state index in [4.69, 9.17) is 33.7 Å². The summed E-state index contributed by atoms with van der Waals surface area (Å²) in [6.07, 6.45) is -0.776. The molecule has 1 atom stereocenters. The van der Waals surface area contributed by atoms with Crippen molar-refractivity contribution >= 4 is 29.1 Å². The van der Waals surface area contributed by atoms with Crippen LogP contribution in [0.5, 0.6) is 5.75 Å². The maximum absolute atomic E-state index is 11.0. The zero-order valence-electron chi connectivity index (χ0n) is 12.1. The second kappa shape index (κ2) is 8.44. The molecule has 1 rings (SSSR count). The lowest BCUT2D eigenvalue weighted by molar-refractivity contribution is -0.120. The number of aliphatic hydroxyl groups excluding tert-OH is 1. The first-order valence-electron chi connectivity index (χ1n) is 6.58. The lowest BCUT2D eigenvalue weighted by Gasteiger charge is -2.27. The minimum atomic E-state index is -0.776. The van der Waals surface area contributed by atoms with Crippen LogP contribution in [0.1, 0.15) is 13.8 Å². The number of ether oxygens (including phenoxy) is 1. The van der Waals surface area contributed by atoms with E-state index in [0.717, 1.165) is 0 Å². The molecular formula is C14H20Cl2N2O3. The van der Waals surface area contributed by atoms with Gasteiger partial charge in [-0.2, -0.15) is 0 Å². The molecule has 1 unspecified atom stereocenters. The summed E-state index contributed by atoms with van der Waals surface area (Å²) < 4.78 is 5.46. The fourth-order valence-corrected chi connectivity index (χ4v) is 2.09. The van der Waals surface area contributed by atoms with E-state index in [9.17, 15) is 9.90 Å². The molecule has 118 valence electrons. The minimum Gasteiger partial charge on any atom is -0.489 e. The molecule has 21 heavy (non-hydrogen) atoms. The van der Waals surface area contributed by atoms with Crippen LogP contribution in [0.3, 0.4) is 0 Å². The topological polar surface area (TPSA) is 75.8 Å². The van der Waals surface area contributed by atoms with Crippen molar-refractivity contribution in [1.29, 1.82) is 0 Å². The first-order chi connectivity index (χ1) is 9.79. The van der Waals surface area contributed by atoms with Gasteiger partial charge in [0, 0.05) is 23.7 Å². The van der Waals surface area contributed by atoms with Gasteiger partial charge in [0.25, 0.3) is 0 Å². The van der Waals surface area contributed by atoms with Crippen molar-refractivity contribution < 1.29 is 14.6 Å². The van der Waals surface area contributed by atoms with Gasteiger partial charge in [-0.15, -0.1) is 0 Å². The summed E-state index contributed by atoms with van der Waals surface area (Å²) in [4.78, 5) is 12.8. The van der Waals surface area contributed by atoms with Crippen molar-refractivity contribution in [2.75, 3.05) is 19.7 Å². The van der Waals surface area contributed by atoms with Crippen molar-refractivity contribution in [3.63, 3.8) is 0 Å². The molecule has 0 spiro atoms. The Morgan fingerprint density at radius 2 is 2.10 bits per heavy atom. The third kappa shape index (κ3) is 6.52. The molecule has 0 aliphatic carbocycles. The van der Waals surface area contributed by atoms with Gasteiger partial charge in [0.05, 0.1) is 11.6 Å². The molecule has 1 aromatic carbocycles. The Labute approximate surface area is 134 Å². The first-order valence-corrected chi connectivity index (χ1v) is 7.33. The van der Waals surface area contributed by atoms with Gasteiger partial charge in [0.2, 0.25) is 5.91 Å². The second-order valence-electron chi connectivity index (χ2n) is 5.03. The van der Waals surface area contributed by atoms with E-state index >= 15 is 0 Å². The number of rotatable bonds is 8. The fraction of sp³-hybridized carbons (Fsp3) is 0.500. The monoisotopic (exact) mass is 334 g/mol. The summed E-state index contributed by atoms with van der Waals surface area (Å²) in [6.45, 7) is 4.25. The van der Waals surface area contributed by atoms with Crippen LogP contribution in [-0.2, 0) is 4.79 Å². The van der Waals surface area contributed by atoms with E-state index in [1.807, 2.05) is 13.8 Å². The lowest BCUT2D eigenvalue weighted by atomic mass is 10.2. The molecule has 0 heterocycles. The van der Waals surface area contributed by atoms with Crippen LogP contribution in [0.25, 0.3) is 0 Å². The third-order valence-electron chi connectivity index (χ3n) is 2.86. The maximum Gasteiger partial charge on any atom is 0.231 e. The molecule has 1 amide bonds. The SMILES string of the molecule is CC(C)N(CC(N)=O)CC(O)COc1cc(Cl)ccc1Cl. The number of hydrogen-bond donors (Lipinski definition) is 2. The number of carbonyl (C=O) groups is 1. The molecular weight excluding hydrogens is 315 g/mol. The highest BCUT2D eigenvalue weighted by Gasteiger charge is 2.17. The largest absolute Gasteiger partial charge is 0.489 e. The average molecular weight is 335 g/mol. The molecule has 3 N–H and O–H groups in total. The van der Waals surface area contributed by atoms with E-state index in [2.05, 4.69) is 0 Å². The Hall–Kier alpha value is -1.01. The molecule has 0 fully saturated rings. The first kappa shape index (κ1) is 18.0. The summed E-state index contributed by atoms with van der Waals surface area (Å²) in [6, 6.07) is 4.95. The van der Waals surface area contributed by atoms with E-state index in [0.29, 0.717) is 15.8 Å². The molecule has 7 heteroatoms. The smallest absolute Gasteiger partial charge is 0.231 e. The molecule has 0 saturated carbocycles. The van der Waals surface area contributed by atoms with Crippen LogP contribution < -0.4 is 10.5 Å². The average Bonchev–Trinajstić information content (AvgIpc) is 2.38. The number of hydrogen-bond acceptors (Lipinski definition) is 4. The van der Waals surface area contributed by atoms with Crippen molar-refractivity contribution in [1.82, 2.24) is 4.90 Å². The molecule has 5 nitrogen and oxygen atoms in total. The molecule has 0 bridgehead atoms. The highest BCUT2D eigenvalue weighted by molar-refractivity contribution is 6.34. The van der Waals surface area contributed by atoms with Gasteiger partial charge in [-0.3, -0.25) is 9.69 Å². The normalized spacial score (nSPS) is 12.7. The summed E-state index contributed by atoms with van der Waals surface area (Å²) in [5.41, 5.74) is 5.18. The van der Waals surface area contributed by atoms with Gasteiger partial charge in [0.1, 0.15) is 18.5 Å². The number of amides is 1. The quantitative estimate of drug-likeness (QED) is 0.761. The van der Waals surface area contributed by atoms with Crippen LogP contribution in [-0.4, -0.2) is 47.8 Å². The van der Waals surface area contributed by atoms with E-state index < -0.39 is 12.0 Å². The Morgan fingerprint density at radius 3 is 2.67 bits per heavy atom. The van der Waals surface area contributed by atoms with Crippen molar-refractivity contribution in [2.45, 2.75) is 26.0 Å². The van der Waals surface area contributed by atoms with E-state index in [1.165, 1.54) is 0 Å². The number of carbonyl (C=O) groups excluding carboxylic acids is 1. The molecule has 0 aromatic heterocycles. The molecule has 1 aromatic rings. The van der Waals surface area contributed by atoms with Crippen LogP contribution in [0.4, 0.5) is 0 Å². The van der Waals surface area contributed by atoms with E-state index in [-0.39, 0.29) is 25.7 Å². The fourth-order valence-electron chi connectivity index (χ4n) is 1.76. The van der Waals surface area contributed by atoms with Crippen LogP contribution >= 0.6 is 23.2 Å². The summed E-state index contributed by atoms with van der Waals surface area (Å²) in [7, 11) is 0. The summed E-state index contributed by atoms with van der Waals surface area (Å²) in [5, 5.41) is 10.9. The maximum atomic E-state index is 11.0. The van der Waals surface area contributed by atoms with Gasteiger partial charge in [-0.1, -0.05) is 23.2 Å². The standard InChI is InChI=1S/C14H20Cl2N2O3/c1-9(2)18(7-14(17)20)6-11(19)8-21-13-5-10(15)3-4-12(13)16/h3-5,9,11,19H,6-8H2,1-2H3,(H2,17,20). The summed E-state index contributed by atoms with van der Waals surface area (Å²) >= 11 is 11.8. The predicted molar refractivity (Wildman–Crippen MR) is 83.9 cm³/mol. The summed E-state index contributed by atoms with van der Waals surface area (Å²) in [5.74, 6) is -0.0241. The van der Waals surface area contributed by atoms with Gasteiger partial charge in [-0.25, -0.2) is 0 Å². The number of aliphatic hydroxyl groups is 1. The highest BCUT2D eigenvalue weighted by Crippen LogP contribution is 2.27. The number of benzene rings is 1. The Bertz CT molecular complexity index is 483. The van der Waals surface area contributed by atoms with Gasteiger partial charge >= 0.3 is 0 Å². The van der Waals surface area contributed by atoms with Crippen molar-refractivity contribution in [3.8, 4) is 5.75 Å². The number of nitrogens with two attached hydrogens (primary N) is 1. The second-order valence-corrected chi connectivity index (χ2v) is 5.87. The molecule has 0 aliphatic heterocycles. The number of halogens is 2. The predicted octanol–water partition coefficient (Wildman–Crippen LogP) is 1.93. The number of nitrogens with zero attached hydrogens (tertiary/aromatic N) is 1. The van der Waals surface area contributed by atoms with Gasteiger partial charge < -0.3 is 15.6 Å². The molecule has 0 aliphatic rings. The zero-order valence-corrected chi connectivity index (χ0v) is 13.6. The minimum absolute atomic E-state index is 0.0437. The lowest BCUT2D eigenvalue weighted by Crippen LogP contribution is -2.44. The van der Waals surface area contributed by atoms with Gasteiger partial charge in [0.15, 0.2) is 0 Å². The molecule has 0 saturated heterocycles. The van der Waals surface area contributed by atoms with Gasteiger partial charge in [-0.05, 0) is 26.0 Å². The Balaban J connectivity index is 2.54.